The first-order chi connectivity index (χ1) is 11.6. The molecule has 4 rings (SSSR count). The molecule has 0 spiro atoms. The van der Waals surface area contributed by atoms with E-state index in [0.717, 1.165) is 39.5 Å². The van der Waals surface area contributed by atoms with Gasteiger partial charge in [-0.25, -0.2) is 4.68 Å². The Morgan fingerprint density at radius 3 is 2.92 bits per heavy atom. The van der Waals surface area contributed by atoms with E-state index in [2.05, 4.69) is 49.8 Å². The third kappa shape index (κ3) is 2.72. The van der Waals surface area contributed by atoms with Crippen LogP contribution in [0.1, 0.15) is 23.7 Å². The van der Waals surface area contributed by atoms with Gasteiger partial charge in [0.15, 0.2) is 0 Å². The van der Waals surface area contributed by atoms with Gasteiger partial charge >= 0.3 is 0 Å². The van der Waals surface area contributed by atoms with Crippen molar-refractivity contribution in [2.45, 2.75) is 25.9 Å². The van der Waals surface area contributed by atoms with Crippen molar-refractivity contribution < 1.29 is 0 Å². The molecule has 2 aromatic carbocycles. The van der Waals surface area contributed by atoms with Crippen LogP contribution in [-0.4, -0.2) is 15.0 Å². The van der Waals surface area contributed by atoms with Gasteiger partial charge < -0.3 is 5.32 Å². The zero-order chi connectivity index (χ0) is 16.7. The summed E-state index contributed by atoms with van der Waals surface area (Å²) in [6, 6.07) is 14.4. The lowest BCUT2D eigenvalue weighted by atomic mass is 9.96. The fourth-order valence-corrected chi connectivity index (χ4v) is 3.82. The molecular formula is C18H16BrClN4. The Morgan fingerprint density at radius 1 is 1.25 bits per heavy atom. The van der Waals surface area contributed by atoms with Crippen molar-refractivity contribution in [2.24, 2.45) is 0 Å². The number of hydrogen-bond donors (Lipinski definition) is 1. The topological polar surface area (TPSA) is 42.7 Å². The SMILES string of the molecule is Cc1nnn2c1-c1ccc(Br)cc1C(Nc1ccccc1Cl)CC2. The quantitative estimate of drug-likeness (QED) is 0.637. The number of nitrogens with one attached hydrogen (secondary N) is 1. The molecule has 122 valence electrons. The highest BCUT2D eigenvalue weighted by Crippen LogP contribution is 2.38. The standard InChI is InChI=1S/C18H16BrClN4/c1-11-18-13-7-6-12(19)10-14(13)16(8-9-24(18)23-22-11)21-17-5-3-2-4-15(17)20/h2-7,10,16,21H,8-9H2,1H3. The van der Waals surface area contributed by atoms with Crippen molar-refractivity contribution in [2.75, 3.05) is 5.32 Å². The van der Waals surface area contributed by atoms with Crippen LogP contribution >= 0.6 is 27.5 Å². The molecule has 1 N–H and O–H groups in total. The van der Waals surface area contributed by atoms with Crippen LogP contribution in [0.5, 0.6) is 0 Å². The molecule has 0 aliphatic carbocycles. The maximum atomic E-state index is 6.34. The van der Waals surface area contributed by atoms with E-state index in [0.29, 0.717) is 0 Å². The van der Waals surface area contributed by atoms with Gasteiger partial charge in [-0.2, -0.15) is 0 Å². The Hall–Kier alpha value is -1.85. The third-order valence-electron chi connectivity index (χ3n) is 4.38. The van der Waals surface area contributed by atoms with E-state index < -0.39 is 0 Å². The summed E-state index contributed by atoms with van der Waals surface area (Å²) in [7, 11) is 0. The zero-order valence-electron chi connectivity index (χ0n) is 13.1. The number of nitrogens with zero attached hydrogens (tertiary/aromatic N) is 3. The Kier molecular flexibility index (Phi) is 4.06. The predicted molar refractivity (Wildman–Crippen MR) is 100 cm³/mol. The second-order valence-corrected chi connectivity index (χ2v) is 7.27. The van der Waals surface area contributed by atoms with E-state index in [9.17, 15) is 0 Å². The molecule has 1 unspecified atom stereocenters. The number of para-hydroxylation sites is 1. The molecule has 4 nitrogen and oxygen atoms in total. The van der Waals surface area contributed by atoms with Crippen LogP contribution in [0.2, 0.25) is 5.02 Å². The number of aryl methyl sites for hydroxylation is 2. The van der Waals surface area contributed by atoms with Gasteiger partial charge in [-0.05, 0) is 43.2 Å². The number of fused-ring (bicyclic) bond motifs is 3. The fraction of sp³-hybridized carbons (Fsp3) is 0.222. The molecule has 0 amide bonds. The molecule has 0 fully saturated rings. The van der Waals surface area contributed by atoms with Gasteiger partial charge in [0.1, 0.15) is 0 Å². The number of rotatable bonds is 2. The normalized spacial score (nSPS) is 16.2. The molecule has 1 aliphatic heterocycles. The van der Waals surface area contributed by atoms with Crippen molar-refractivity contribution in [1.29, 1.82) is 0 Å². The summed E-state index contributed by atoms with van der Waals surface area (Å²) in [6.45, 7) is 2.82. The minimum atomic E-state index is 0.151. The van der Waals surface area contributed by atoms with Gasteiger partial charge in [0.05, 0.1) is 28.1 Å². The molecule has 3 aromatic rings. The highest BCUT2D eigenvalue weighted by atomic mass is 79.9. The summed E-state index contributed by atoms with van der Waals surface area (Å²) in [5.74, 6) is 0. The summed E-state index contributed by atoms with van der Waals surface area (Å²) in [5, 5.41) is 12.9. The van der Waals surface area contributed by atoms with E-state index >= 15 is 0 Å². The molecule has 6 heteroatoms. The summed E-state index contributed by atoms with van der Waals surface area (Å²) in [4.78, 5) is 0. The molecule has 0 radical (unpaired) electrons. The van der Waals surface area contributed by atoms with Crippen LogP contribution < -0.4 is 5.32 Å². The summed E-state index contributed by atoms with van der Waals surface area (Å²) in [5.41, 5.74) is 5.40. The average Bonchev–Trinajstić information content (AvgIpc) is 2.86. The fourth-order valence-electron chi connectivity index (χ4n) is 3.25. The third-order valence-corrected chi connectivity index (χ3v) is 5.20. The second-order valence-electron chi connectivity index (χ2n) is 5.94. The lowest BCUT2D eigenvalue weighted by Crippen LogP contribution is -2.13. The van der Waals surface area contributed by atoms with Gasteiger partial charge in [0.25, 0.3) is 0 Å². The Bertz CT molecular complexity index is 906. The predicted octanol–water partition coefficient (Wildman–Crippen LogP) is 5.23. The van der Waals surface area contributed by atoms with Crippen molar-refractivity contribution in [1.82, 2.24) is 15.0 Å². The van der Waals surface area contributed by atoms with Gasteiger partial charge in [-0.1, -0.05) is 50.9 Å². The van der Waals surface area contributed by atoms with E-state index in [-0.39, 0.29) is 6.04 Å². The van der Waals surface area contributed by atoms with E-state index in [4.69, 9.17) is 11.6 Å². The smallest absolute Gasteiger partial charge is 0.0918 e. The maximum Gasteiger partial charge on any atom is 0.0918 e. The number of halogens is 2. The minimum absolute atomic E-state index is 0.151. The van der Waals surface area contributed by atoms with Crippen LogP contribution in [-0.2, 0) is 6.54 Å². The Morgan fingerprint density at radius 2 is 2.08 bits per heavy atom. The van der Waals surface area contributed by atoms with Crippen LogP contribution in [0, 0.1) is 6.92 Å². The Balaban J connectivity index is 1.82. The van der Waals surface area contributed by atoms with Gasteiger partial charge in [0.2, 0.25) is 0 Å². The average molecular weight is 404 g/mol. The summed E-state index contributed by atoms with van der Waals surface area (Å²) >= 11 is 9.94. The molecule has 1 atom stereocenters. The number of aromatic nitrogens is 3. The molecule has 1 aliphatic rings. The molecule has 0 bridgehead atoms. The molecule has 0 saturated heterocycles. The largest absolute Gasteiger partial charge is 0.377 e. The van der Waals surface area contributed by atoms with Crippen molar-refractivity contribution in [3.63, 3.8) is 0 Å². The van der Waals surface area contributed by atoms with Gasteiger partial charge in [-0.15, -0.1) is 5.10 Å². The van der Waals surface area contributed by atoms with Crippen molar-refractivity contribution >= 4 is 33.2 Å². The molecule has 24 heavy (non-hydrogen) atoms. The van der Waals surface area contributed by atoms with Crippen LogP contribution in [0.15, 0.2) is 46.9 Å². The number of hydrogen-bond acceptors (Lipinski definition) is 3. The Labute approximate surface area is 154 Å². The second kappa shape index (κ2) is 6.22. The van der Waals surface area contributed by atoms with Crippen LogP contribution in [0.4, 0.5) is 5.69 Å². The van der Waals surface area contributed by atoms with Crippen molar-refractivity contribution in [3.05, 3.63) is 63.2 Å². The zero-order valence-corrected chi connectivity index (χ0v) is 15.5. The molecule has 2 heterocycles. The lowest BCUT2D eigenvalue weighted by Gasteiger charge is -2.21. The first-order valence-corrected chi connectivity index (χ1v) is 9.01. The first kappa shape index (κ1) is 15.7. The van der Waals surface area contributed by atoms with E-state index in [1.54, 1.807) is 0 Å². The van der Waals surface area contributed by atoms with Gasteiger partial charge in [0, 0.05) is 16.6 Å². The van der Waals surface area contributed by atoms with Crippen molar-refractivity contribution in [3.8, 4) is 11.3 Å². The number of anilines is 1. The van der Waals surface area contributed by atoms with Crippen LogP contribution in [0.3, 0.4) is 0 Å². The highest BCUT2D eigenvalue weighted by Gasteiger charge is 2.25. The van der Waals surface area contributed by atoms with E-state index in [1.807, 2.05) is 35.9 Å². The number of benzene rings is 2. The highest BCUT2D eigenvalue weighted by molar-refractivity contribution is 9.10. The molecule has 0 saturated carbocycles. The minimum Gasteiger partial charge on any atom is -0.377 e. The maximum absolute atomic E-state index is 6.34. The van der Waals surface area contributed by atoms with Crippen LogP contribution in [0.25, 0.3) is 11.3 Å². The molecule has 1 aromatic heterocycles. The monoisotopic (exact) mass is 402 g/mol. The summed E-state index contributed by atoms with van der Waals surface area (Å²) < 4.78 is 3.06. The summed E-state index contributed by atoms with van der Waals surface area (Å²) in [6.07, 6.45) is 0.907. The first-order valence-electron chi connectivity index (χ1n) is 7.84. The molecular weight excluding hydrogens is 388 g/mol. The lowest BCUT2D eigenvalue weighted by molar-refractivity contribution is 0.539. The van der Waals surface area contributed by atoms with Gasteiger partial charge in [-0.3, -0.25) is 0 Å². The van der Waals surface area contributed by atoms with E-state index in [1.165, 1.54) is 11.1 Å².